The van der Waals surface area contributed by atoms with Crippen LogP contribution in [0.3, 0.4) is 0 Å². The maximum atomic E-state index is 8.87. The normalized spacial score (nSPS) is 9.79. The summed E-state index contributed by atoms with van der Waals surface area (Å²) in [5, 5.41) is 17.6. The van der Waals surface area contributed by atoms with E-state index in [4.69, 9.17) is 15.3 Å². The summed E-state index contributed by atoms with van der Waals surface area (Å²) in [4.78, 5) is 4.00. The van der Waals surface area contributed by atoms with E-state index in [2.05, 4.69) is 4.98 Å². The summed E-state index contributed by atoms with van der Waals surface area (Å²) in [6, 6.07) is 11.9. The molecule has 0 spiro atoms. The summed E-state index contributed by atoms with van der Waals surface area (Å²) >= 11 is 0. The molecule has 0 fully saturated rings. The van der Waals surface area contributed by atoms with Gasteiger partial charge in [0.2, 0.25) is 0 Å². The van der Waals surface area contributed by atoms with Gasteiger partial charge in [-0.1, -0.05) is 30.3 Å². The van der Waals surface area contributed by atoms with Gasteiger partial charge in [-0.25, -0.2) is 9.55 Å². The predicted octanol–water partition coefficient (Wildman–Crippen LogP) is 1.84. The molecule has 0 radical (unpaired) electrons. The highest BCUT2D eigenvalue weighted by Gasteiger charge is 2.07. The van der Waals surface area contributed by atoms with Gasteiger partial charge in [0, 0.05) is 0 Å². The molecule has 0 unspecified atom stereocenters. The second-order valence-corrected chi connectivity index (χ2v) is 3.91. The molecule has 1 heterocycles. The molecule has 2 aromatic rings. The molecule has 5 nitrogen and oxygen atoms in total. The Bertz CT molecular complexity index is 619. The van der Waals surface area contributed by atoms with Crippen LogP contribution in [0.5, 0.6) is 0 Å². The van der Waals surface area contributed by atoms with Crippen molar-refractivity contribution in [1.29, 1.82) is 10.5 Å². The zero-order chi connectivity index (χ0) is 13.5. The lowest BCUT2D eigenvalue weighted by molar-refractivity contribution is 0.117. The second-order valence-electron chi connectivity index (χ2n) is 3.91. The molecule has 5 heteroatoms. The van der Waals surface area contributed by atoms with Crippen LogP contribution in [0, 0.1) is 22.8 Å². The summed E-state index contributed by atoms with van der Waals surface area (Å²) in [5.74, 6) is 0.451. The molecular weight excluding hydrogens is 240 g/mol. The van der Waals surface area contributed by atoms with Crippen LogP contribution in [-0.4, -0.2) is 16.2 Å². The highest BCUT2D eigenvalue weighted by molar-refractivity contribution is 5.21. The van der Waals surface area contributed by atoms with Crippen LogP contribution in [-0.2, 0) is 17.8 Å². The van der Waals surface area contributed by atoms with Gasteiger partial charge in [-0.05, 0) is 12.0 Å². The van der Waals surface area contributed by atoms with Gasteiger partial charge >= 0.3 is 0 Å². The topological polar surface area (TPSA) is 74.6 Å². The zero-order valence-corrected chi connectivity index (χ0v) is 10.3. The van der Waals surface area contributed by atoms with Crippen molar-refractivity contribution >= 4 is 0 Å². The molecule has 2 rings (SSSR count). The van der Waals surface area contributed by atoms with E-state index in [9.17, 15) is 0 Å². The van der Waals surface area contributed by atoms with Crippen molar-refractivity contribution in [1.82, 2.24) is 9.55 Å². The van der Waals surface area contributed by atoms with Crippen LogP contribution < -0.4 is 0 Å². The Kier molecular flexibility index (Phi) is 4.28. The van der Waals surface area contributed by atoms with Crippen molar-refractivity contribution in [3.63, 3.8) is 0 Å². The SMILES string of the molecule is N#Cc1cn(C#N)c(COCCc2ccccc2)n1. The summed E-state index contributed by atoms with van der Waals surface area (Å²) in [6.45, 7) is 0.770. The third kappa shape index (κ3) is 3.41. The molecular formula is C14H12N4O. The van der Waals surface area contributed by atoms with Crippen LogP contribution in [0.2, 0.25) is 0 Å². The van der Waals surface area contributed by atoms with E-state index in [1.165, 1.54) is 16.3 Å². The van der Waals surface area contributed by atoms with E-state index >= 15 is 0 Å². The minimum atomic E-state index is 0.224. The average Bonchev–Trinajstić information content (AvgIpc) is 2.87. The number of rotatable bonds is 5. The maximum absolute atomic E-state index is 8.87. The number of nitriles is 2. The Morgan fingerprint density at radius 2 is 2.00 bits per heavy atom. The van der Waals surface area contributed by atoms with Crippen molar-refractivity contribution in [2.75, 3.05) is 6.61 Å². The third-order valence-electron chi connectivity index (χ3n) is 2.61. The number of nitrogens with zero attached hydrogens (tertiary/aromatic N) is 4. The molecule has 0 saturated carbocycles. The smallest absolute Gasteiger partial charge is 0.189 e. The molecule has 1 aromatic heterocycles. The van der Waals surface area contributed by atoms with Gasteiger partial charge in [0.25, 0.3) is 0 Å². The molecule has 0 aliphatic heterocycles. The van der Waals surface area contributed by atoms with Crippen molar-refractivity contribution in [2.45, 2.75) is 13.0 Å². The monoisotopic (exact) mass is 252 g/mol. The molecule has 1 aromatic carbocycles. The lowest BCUT2D eigenvalue weighted by Crippen LogP contribution is -2.03. The third-order valence-corrected chi connectivity index (χ3v) is 2.61. The van der Waals surface area contributed by atoms with Crippen LogP contribution in [0.4, 0.5) is 0 Å². The second kappa shape index (κ2) is 6.34. The van der Waals surface area contributed by atoms with E-state index in [1.807, 2.05) is 42.6 Å². The molecule has 94 valence electrons. The quantitative estimate of drug-likeness (QED) is 0.761. The van der Waals surface area contributed by atoms with Crippen LogP contribution >= 0.6 is 0 Å². The van der Waals surface area contributed by atoms with Gasteiger partial charge in [-0.15, -0.1) is 0 Å². The Labute approximate surface area is 111 Å². The molecule has 0 aliphatic carbocycles. The first-order chi connectivity index (χ1) is 9.33. The zero-order valence-electron chi connectivity index (χ0n) is 10.3. The van der Waals surface area contributed by atoms with Crippen molar-refractivity contribution in [3.8, 4) is 12.3 Å². The fourth-order valence-electron chi connectivity index (χ4n) is 1.66. The standard InChI is InChI=1S/C14H12N4O/c15-8-13-9-18(11-16)14(17-13)10-19-7-6-12-4-2-1-3-5-12/h1-5,9H,6-7,10H2. The van der Waals surface area contributed by atoms with Crippen LogP contribution in [0.25, 0.3) is 0 Å². The highest BCUT2D eigenvalue weighted by Crippen LogP contribution is 2.04. The van der Waals surface area contributed by atoms with Crippen LogP contribution in [0.1, 0.15) is 17.1 Å². The lowest BCUT2D eigenvalue weighted by Gasteiger charge is -2.03. The fraction of sp³-hybridized carbons (Fsp3) is 0.214. The summed E-state index contributed by atoms with van der Waals surface area (Å²) in [6.07, 6.45) is 4.14. The number of hydrogen-bond donors (Lipinski definition) is 0. The maximum Gasteiger partial charge on any atom is 0.189 e. The van der Waals surface area contributed by atoms with Gasteiger partial charge in [-0.2, -0.15) is 10.5 Å². The van der Waals surface area contributed by atoms with Gasteiger partial charge in [0.1, 0.15) is 18.5 Å². The Balaban J connectivity index is 1.85. The number of hydrogen-bond acceptors (Lipinski definition) is 4. The van der Waals surface area contributed by atoms with Gasteiger partial charge in [-0.3, -0.25) is 0 Å². The summed E-state index contributed by atoms with van der Waals surface area (Å²) in [7, 11) is 0. The van der Waals surface area contributed by atoms with Crippen molar-refractivity contribution in [2.24, 2.45) is 0 Å². The summed E-state index contributed by atoms with van der Waals surface area (Å²) in [5.41, 5.74) is 1.42. The van der Waals surface area contributed by atoms with E-state index in [-0.39, 0.29) is 12.3 Å². The Hall–Kier alpha value is -2.63. The van der Waals surface area contributed by atoms with Crippen molar-refractivity contribution < 1.29 is 4.74 Å². The van der Waals surface area contributed by atoms with Crippen LogP contribution in [0.15, 0.2) is 36.5 Å². The minimum absolute atomic E-state index is 0.224. The molecule has 0 N–H and O–H groups in total. The van der Waals surface area contributed by atoms with Gasteiger partial charge in [0.15, 0.2) is 11.9 Å². The Morgan fingerprint density at radius 1 is 1.21 bits per heavy atom. The largest absolute Gasteiger partial charge is 0.373 e. The van der Waals surface area contributed by atoms with Gasteiger partial charge < -0.3 is 4.74 Å². The molecule has 0 aliphatic rings. The molecule has 0 amide bonds. The molecule has 0 bridgehead atoms. The van der Waals surface area contributed by atoms with Crippen molar-refractivity contribution in [3.05, 3.63) is 53.6 Å². The first-order valence-electron chi connectivity index (χ1n) is 5.83. The average molecular weight is 252 g/mol. The van der Waals surface area contributed by atoms with E-state index in [0.29, 0.717) is 12.4 Å². The minimum Gasteiger partial charge on any atom is -0.373 e. The molecule has 19 heavy (non-hydrogen) atoms. The number of ether oxygens (including phenoxy) is 1. The van der Waals surface area contributed by atoms with E-state index in [0.717, 1.165) is 6.42 Å². The first kappa shape index (κ1) is 12.8. The summed E-state index contributed by atoms with van der Waals surface area (Å²) < 4.78 is 6.73. The molecule has 0 saturated heterocycles. The van der Waals surface area contributed by atoms with Gasteiger partial charge in [0.05, 0.1) is 12.8 Å². The number of aromatic nitrogens is 2. The Morgan fingerprint density at radius 3 is 2.68 bits per heavy atom. The first-order valence-corrected chi connectivity index (χ1v) is 5.83. The lowest BCUT2D eigenvalue weighted by atomic mass is 10.2. The van der Waals surface area contributed by atoms with E-state index < -0.39 is 0 Å². The van der Waals surface area contributed by atoms with E-state index in [1.54, 1.807) is 0 Å². The molecule has 0 atom stereocenters. The number of imidazole rings is 1. The predicted molar refractivity (Wildman–Crippen MR) is 67.8 cm³/mol. The fourth-order valence-corrected chi connectivity index (χ4v) is 1.66. The highest BCUT2D eigenvalue weighted by atomic mass is 16.5. The number of benzene rings is 1.